The first-order valence-corrected chi connectivity index (χ1v) is 7.07. The molecule has 1 fully saturated rings. The van der Waals surface area contributed by atoms with Crippen molar-refractivity contribution < 1.29 is 0 Å². The van der Waals surface area contributed by atoms with E-state index in [1.165, 1.54) is 0 Å². The number of fused-ring (bicyclic) bond motifs is 1. The molecule has 0 bridgehead atoms. The Labute approximate surface area is 123 Å². The number of nitriles is 1. The number of hydrogen-bond donors (Lipinski definition) is 0. The SMILES string of the molecule is Cn1ncc2c(N3CCN(C(C)(C)C#N)CC3)ncnc21. The fourth-order valence-electron chi connectivity index (χ4n) is 2.75. The summed E-state index contributed by atoms with van der Waals surface area (Å²) in [5.74, 6) is 0.933. The highest BCUT2D eigenvalue weighted by atomic mass is 15.3. The van der Waals surface area contributed by atoms with Gasteiger partial charge in [0.15, 0.2) is 5.65 Å². The minimum Gasteiger partial charge on any atom is -0.353 e. The zero-order valence-corrected chi connectivity index (χ0v) is 12.6. The van der Waals surface area contributed by atoms with Gasteiger partial charge in [0.2, 0.25) is 0 Å². The average Bonchev–Trinajstić information content (AvgIpc) is 2.89. The lowest BCUT2D eigenvalue weighted by atomic mass is 10.0. The Morgan fingerprint density at radius 1 is 1.19 bits per heavy atom. The molecule has 3 heterocycles. The standard InChI is InChI=1S/C14H19N7/c1-14(2,9-15)21-6-4-20(5-7-21)13-11-8-18-19(3)12(11)16-10-17-13/h8,10H,4-7H2,1-3H3. The highest BCUT2D eigenvalue weighted by Crippen LogP contribution is 2.24. The maximum absolute atomic E-state index is 9.24. The van der Waals surface area contributed by atoms with Gasteiger partial charge in [-0.1, -0.05) is 0 Å². The molecule has 110 valence electrons. The summed E-state index contributed by atoms with van der Waals surface area (Å²) < 4.78 is 1.76. The molecule has 1 saturated heterocycles. The van der Waals surface area contributed by atoms with Crippen LogP contribution in [-0.4, -0.2) is 56.4 Å². The maximum atomic E-state index is 9.24. The summed E-state index contributed by atoms with van der Waals surface area (Å²) in [6, 6.07) is 2.37. The van der Waals surface area contributed by atoms with E-state index in [0.29, 0.717) is 0 Å². The Bertz CT molecular complexity index is 689. The van der Waals surface area contributed by atoms with Gasteiger partial charge in [-0.2, -0.15) is 10.4 Å². The van der Waals surface area contributed by atoms with E-state index in [4.69, 9.17) is 0 Å². The van der Waals surface area contributed by atoms with Crippen molar-refractivity contribution in [2.75, 3.05) is 31.1 Å². The van der Waals surface area contributed by atoms with Crippen molar-refractivity contribution in [1.29, 1.82) is 5.26 Å². The van der Waals surface area contributed by atoms with Crippen LogP contribution in [0.3, 0.4) is 0 Å². The third kappa shape index (κ3) is 2.32. The van der Waals surface area contributed by atoms with Crippen LogP contribution in [0, 0.1) is 11.3 Å². The van der Waals surface area contributed by atoms with Crippen molar-refractivity contribution in [3.63, 3.8) is 0 Å². The van der Waals surface area contributed by atoms with Crippen molar-refractivity contribution in [3.05, 3.63) is 12.5 Å². The van der Waals surface area contributed by atoms with E-state index in [1.54, 1.807) is 11.0 Å². The molecule has 0 saturated carbocycles. The molecule has 7 nitrogen and oxygen atoms in total. The number of rotatable bonds is 2. The van der Waals surface area contributed by atoms with E-state index < -0.39 is 5.54 Å². The van der Waals surface area contributed by atoms with E-state index in [9.17, 15) is 5.26 Å². The highest BCUT2D eigenvalue weighted by Gasteiger charge is 2.30. The van der Waals surface area contributed by atoms with E-state index >= 15 is 0 Å². The summed E-state index contributed by atoms with van der Waals surface area (Å²) >= 11 is 0. The molecule has 0 amide bonds. The lowest BCUT2D eigenvalue weighted by Crippen LogP contribution is -2.54. The lowest BCUT2D eigenvalue weighted by Gasteiger charge is -2.40. The summed E-state index contributed by atoms with van der Waals surface area (Å²) in [5.41, 5.74) is 0.432. The Balaban J connectivity index is 1.82. The second-order valence-electron chi connectivity index (χ2n) is 5.85. The third-order valence-electron chi connectivity index (χ3n) is 4.15. The fourth-order valence-corrected chi connectivity index (χ4v) is 2.75. The van der Waals surface area contributed by atoms with E-state index in [0.717, 1.165) is 43.0 Å². The topological polar surface area (TPSA) is 73.9 Å². The van der Waals surface area contributed by atoms with Gasteiger partial charge in [0.25, 0.3) is 0 Å². The zero-order chi connectivity index (χ0) is 15.0. The lowest BCUT2D eigenvalue weighted by molar-refractivity contribution is 0.158. The molecule has 0 aliphatic carbocycles. The molecule has 7 heteroatoms. The van der Waals surface area contributed by atoms with Crippen LogP contribution in [-0.2, 0) is 7.05 Å². The Kier molecular flexibility index (Phi) is 3.26. The molecular formula is C14H19N7. The van der Waals surface area contributed by atoms with Crippen LogP contribution in [0.4, 0.5) is 5.82 Å². The van der Waals surface area contributed by atoms with E-state index in [2.05, 4.69) is 30.9 Å². The van der Waals surface area contributed by atoms with Crippen LogP contribution in [0.15, 0.2) is 12.5 Å². The number of aromatic nitrogens is 4. The second kappa shape index (κ2) is 4.97. The van der Waals surface area contributed by atoms with Crippen LogP contribution < -0.4 is 4.90 Å². The van der Waals surface area contributed by atoms with Gasteiger partial charge < -0.3 is 4.90 Å². The minimum absolute atomic E-state index is 0.415. The van der Waals surface area contributed by atoms with Crippen LogP contribution in [0.1, 0.15) is 13.8 Å². The summed E-state index contributed by atoms with van der Waals surface area (Å²) in [5, 5.41) is 14.5. The first-order chi connectivity index (χ1) is 10.0. The fraction of sp³-hybridized carbons (Fsp3) is 0.571. The number of piperazine rings is 1. The van der Waals surface area contributed by atoms with Crippen LogP contribution in [0.2, 0.25) is 0 Å². The Morgan fingerprint density at radius 2 is 1.90 bits per heavy atom. The monoisotopic (exact) mass is 285 g/mol. The van der Waals surface area contributed by atoms with Gasteiger partial charge in [-0.15, -0.1) is 0 Å². The summed E-state index contributed by atoms with van der Waals surface area (Å²) in [6.45, 7) is 7.34. The van der Waals surface area contributed by atoms with Gasteiger partial charge >= 0.3 is 0 Å². The normalized spacial score (nSPS) is 17.1. The summed E-state index contributed by atoms with van der Waals surface area (Å²) in [6.07, 6.45) is 3.40. The zero-order valence-electron chi connectivity index (χ0n) is 12.6. The molecule has 2 aromatic rings. The van der Waals surface area contributed by atoms with Crippen molar-refractivity contribution in [2.24, 2.45) is 7.05 Å². The molecular weight excluding hydrogens is 266 g/mol. The molecule has 21 heavy (non-hydrogen) atoms. The van der Waals surface area contributed by atoms with Crippen LogP contribution in [0.25, 0.3) is 11.0 Å². The van der Waals surface area contributed by atoms with Gasteiger partial charge in [-0.05, 0) is 13.8 Å². The summed E-state index contributed by atoms with van der Waals surface area (Å²) in [7, 11) is 1.88. The van der Waals surface area contributed by atoms with Crippen molar-refractivity contribution in [1.82, 2.24) is 24.6 Å². The number of aryl methyl sites for hydroxylation is 1. The molecule has 2 aromatic heterocycles. The van der Waals surface area contributed by atoms with Gasteiger partial charge in [-0.3, -0.25) is 9.58 Å². The van der Waals surface area contributed by atoms with E-state index in [-0.39, 0.29) is 0 Å². The molecule has 1 aliphatic rings. The predicted molar refractivity (Wildman–Crippen MR) is 79.8 cm³/mol. The van der Waals surface area contributed by atoms with Crippen molar-refractivity contribution in [3.8, 4) is 6.07 Å². The Morgan fingerprint density at radius 3 is 2.57 bits per heavy atom. The smallest absolute Gasteiger partial charge is 0.163 e. The van der Waals surface area contributed by atoms with Crippen molar-refractivity contribution >= 4 is 16.9 Å². The highest BCUT2D eigenvalue weighted by molar-refractivity contribution is 5.86. The van der Waals surface area contributed by atoms with Crippen LogP contribution in [0.5, 0.6) is 0 Å². The average molecular weight is 285 g/mol. The molecule has 0 atom stereocenters. The van der Waals surface area contributed by atoms with E-state index in [1.807, 2.05) is 27.1 Å². The molecule has 0 radical (unpaired) electrons. The minimum atomic E-state index is -0.415. The maximum Gasteiger partial charge on any atom is 0.163 e. The van der Waals surface area contributed by atoms with Gasteiger partial charge in [0, 0.05) is 33.2 Å². The Hall–Kier alpha value is -2.20. The molecule has 0 unspecified atom stereocenters. The molecule has 0 spiro atoms. The van der Waals surface area contributed by atoms with Crippen LogP contribution >= 0.6 is 0 Å². The first kappa shape index (κ1) is 13.8. The van der Waals surface area contributed by atoms with Gasteiger partial charge in [0.1, 0.15) is 17.7 Å². The first-order valence-electron chi connectivity index (χ1n) is 7.07. The largest absolute Gasteiger partial charge is 0.353 e. The second-order valence-corrected chi connectivity index (χ2v) is 5.85. The number of nitrogens with zero attached hydrogens (tertiary/aromatic N) is 7. The number of hydrogen-bond acceptors (Lipinski definition) is 6. The predicted octanol–water partition coefficient (Wildman–Crippen LogP) is 0.787. The molecule has 3 rings (SSSR count). The quantitative estimate of drug-likeness (QED) is 0.812. The number of anilines is 1. The molecule has 1 aliphatic heterocycles. The molecule has 0 aromatic carbocycles. The van der Waals surface area contributed by atoms with Gasteiger partial charge in [-0.25, -0.2) is 9.97 Å². The molecule has 0 N–H and O–H groups in total. The summed E-state index contributed by atoms with van der Waals surface area (Å²) in [4.78, 5) is 13.2. The van der Waals surface area contributed by atoms with Gasteiger partial charge in [0.05, 0.1) is 17.7 Å². The van der Waals surface area contributed by atoms with Crippen molar-refractivity contribution in [2.45, 2.75) is 19.4 Å². The third-order valence-corrected chi connectivity index (χ3v) is 4.15.